The molecule has 0 aliphatic heterocycles. The SMILES string of the molecule is CC(C)C[C@H](NC(=O)[C@H](CC(C)C)NC(=O)CNC(=O)[C@@H](NC(=O)[C@H](CC(=O)O)NC(=O)[C@H](CC(=O)O)NC(=O)[C@H](Cc1ccc(OS(O)(O)O)cc1)NC(=O)[C@H](Cc1ccc(OS(O)(O)O)cc1)NC(=O)[C@H](CO)NC(=O)[C@@H](NC(=O)[C@@H](NC(=O)CNC(=O)[C@H](Cc1ccccc1)NC(=O)[C@@H](NC(=O)[C@H](CCC(=O)O)NC(=O)[C@@H](N)C(C)C)[C@@H](C)O)[C@@H](C)O)[C@@H](C)O)C(C)C)C(=O)O. The smallest absolute Gasteiger partial charge is 0.326 e. The lowest BCUT2D eigenvalue weighted by atomic mass is 10.0. The van der Waals surface area contributed by atoms with Gasteiger partial charge in [-0.15, -0.1) is 0 Å². The Morgan fingerprint density at radius 1 is 0.328 bits per heavy atom. The second-order valence-corrected chi connectivity index (χ2v) is 34.9. The number of amides is 15. The molecule has 3 rings (SSSR count). The van der Waals surface area contributed by atoms with Crippen LogP contribution in [0.4, 0.5) is 0 Å². The Balaban J connectivity index is 2.02. The largest absolute Gasteiger partial charge is 0.481 e. The van der Waals surface area contributed by atoms with Crippen molar-refractivity contribution in [3.8, 4) is 11.5 Å². The zero-order chi connectivity index (χ0) is 102. The fourth-order valence-electron chi connectivity index (χ4n) is 12.5. The van der Waals surface area contributed by atoms with E-state index in [-0.39, 0.29) is 42.2 Å². The molecule has 0 aliphatic carbocycles. The zero-order valence-electron chi connectivity index (χ0n) is 74.8. The predicted molar refractivity (Wildman–Crippen MR) is 471 cm³/mol. The van der Waals surface area contributed by atoms with E-state index < -0.39 is 319 Å². The maximum Gasteiger partial charge on any atom is 0.326 e. The second-order valence-electron chi connectivity index (χ2n) is 32.7. The van der Waals surface area contributed by atoms with Gasteiger partial charge >= 0.3 is 23.9 Å². The quantitative estimate of drug-likeness (QED) is 0.0252. The highest BCUT2D eigenvalue weighted by molar-refractivity contribution is 8.15. The van der Waals surface area contributed by atoms with Gasteiger partial charge in [0.1, 0.15) is 90.0 Å². The summed E-state index contributed by atoms with van der Waals surface area (Å²) in [4.78, 5) is 258. The van der Waals surface area contributed by atoms with Gasteiger partial charge in [-0.1, -0.05) is 110 Å². The minimum Gasteiger partial charge on any atom is -0.481 e. The second kappa shape index (κ2) is 55.2. The Labute approximate surface area is 771 Å². The van der Waals surface area contributed by atoms with Gasteiger partial charge < -0.3 is 135 Å². The van der Waals surface area contributed by atoms with Gasteiger partial charge in [-0.3, -0.25) is 114 Å². The van der Waals surface area contributed by atoms with E-state index in [4.69, 9.17) is 5.73 Å². The fourth-order valence-corrected chi connectivity index (χ4v) is 13.2. The van der Waals surface area contributed by atoms with E-state index in [9.17, 15) is 159 Å². The van der Waals surface area contributed by atoms with Crippen molar-refractivity contribution < 1.29 is 168 Å². The molecule has 0 heterocycles. The zero-order valence-corrected chi connectivity index (χ0v) is 76.5. The summed E-state index contributed by atoms with van der Waals surface area (Å²) in [5.41, 5.74) is 6.29. The van der Waals surface area contributed by atoms with Crippen LogP contribution in [0.3, 0.4) is 0 Å². The number of benzene rings is 3. The van der Waals surface area contributed by atoms with Crippen LogP contribution < -0.4 is 93.9 Å². The van der Waals surface area contributed by atoms with E-state index >= 15 is 0 Å². The number of carbonyl (C=O) groups is 19. The van der Waals surface area contributed by atoms with Crippen LogP contribution in [-0.2, 0) is 110 Å². The number of aliphatic hydroxyl groups excluding tert-OH is 4. The number of carboxylic acids is 4. The third kappa shape index (κ3) is 42.6. The Bertz CT molecular complexity index is 4540. The molecule has 134 heavy (non-hydrogen) atoms. The lowest BCUT2D eigenvalue weighted by molar-refractivity contribution is -0.143. The monoisotopic (exact) mass is 1940 g/mol. The molecule has 0 aliphatic rings. The Hall–Kier alpha value is -12.5. The van der Waals surface area contributed by atoms with Crippen LogP contribution in [0, 0.1) is 23.7 Å². The number of hydrogen-bond acceptors (Lipinski definition) is 32. The standard InChI is InChI=1S/C81H122N16O35S2/c1-37(2)27-50(70(112)92-56(81(123)124)28-38(3)4)85-58(102)34-84-77(119)64(40(7)8)95-74(116)55(33-62(108)109)90-73(115)54(32-61(106)107)89-72(114)52(30-45-17-21-47(22-18-45)131-133(125,126)127)87-71(113)53(31-46-19-23-48(24-20-46)132-134(128,129)130)88-75(117)57(36-98)93-79(121)67(43(11)101)97-80(122)65(41(9)99)94-59(103)35-83-68(110)51(29-44-15-13-12-14-16-44)91-78(120)66(42(10)100)96-69(111)49(25-26-60(104)105)86-76(118)63(82)39(5)6/h12-24,37-43,49-57,63-67,98-101,125-130H,25-36,82H2,1-11H3,(H,83,110)(H,84,119)(H,85,102)(H,86,118)(H,87,113)(H,88,117)(H,89,114)(H,90,115)(H,91,120)(H,92,112)(H,93,121)(H,94,103)(H,95,116)(H,96,111)(H,97,122)(H,104,105)(H,106,107)(H,108,109)(H,123,124)/t41-,42-,43-,49+,50+,51+,52+,53+,54+,55+,56+,57+,63+,64+,65+,66+,67+/m1/s1. The van der Waals surface area contributed by atoms with Gasteiger partial charge in [0.2, 0.25) is 88.6 Å². The minimum absolute atomic E-state index is 0.0104. The van der Waals surface area contributed by atoms with Gasteiger partial charge in [0, 0.05) is 25.7 Å². The molecule has 0 saturated heterocycles. The van der Waals surface area contributed by atoms with Crippen LogP contribution in [0.2, 0.25) is 0 Å². The topological polar surface area (TPSA) is 832 Å². The Morgan fingerprint density at radius 2 is 0.649 bits per heavy atom. The highest BCUT2D eigenvalue weighted by Crippen LogP contribution is 2.37. The molecule has 748 valence electrons. The summed E-state index contributed by atoms with van der Waals surface area (Å²) in [6.07, 6.45) is -11.3. The molecule has 3 aromatic carbocycles. The van der Waals surface area contributed by atoms with E-state index in [1.54, 1.807) is 59.7 Å². The molecule has 17 atom stereocenters. The number of nitrogens with one attached hydrogen (secondary N) is 15. The summed E-state index contributed by atoms with van der Waals surface area (Å²) in [5, 5.41) is 116. The number of nitrogens with two attached hydrogens (primary N) is 1. The van der Waals surface area contributed by atoms with E-state index in [1.807, 2.05) is 5.32 Å². The first-order valence-corrected chi connectivity index (χ1v) is 44.5. The summed E-state index contributed by atoms with van der Waals surface area (Å²) >= 11 is -9.34. The first-order chi connectivity index (χ1) is 62.3. The van der Waals surface area contributed by atoms with Crippen LogP contribution in [0.1, 0.15) is 131 Å². The van der Waals surface area contributed by atoms with Gasteiger partial charge in [0.05, 0.1) is 56.9 Å². The van der Waals surface area contributed by atoms with E-state index in [1.165, 1.54) is 26.0 Å². The number of hydrogen-bond donors (Lipinski definition) is 30. The maximum atomic E-state index is 15.0. The van der Waals surface area contributed by atoms with Crippen molar-refractivity contribution in [3.05, 3.63) is 95.6 Å². The van der Waals surface area contributed by atoms with Crippen molar-refractivity contribution in [1.29, 1.82) is 0 Å². The van der Waals surface area contributed by atoms with Crippen LogP contribution in [0.15, 0.2) is 78.9 Å². The summed E-state index contributed by atoms with van der Waals surface area (Å²) in [5.74, 6) is -27.8. The molecule has 0 aromatic heterocycles. The molecular weight excluding hydrogens is 1820 g/mol. The third-order valence-corrected chi connectivity index (χ3v) is 20.3. The van der Waals surface area contributed by atoms with Gasteiger partial charge in [0.25, 0.3) is 22.3 Å². The number of aliphatic carboxylic acids is 4. The molecule has 3 aromatic rings. The number of carbonyl (C=O) groups excluding carboxylic acids is 15. The van der Waals surface area contributed by atoms with Crippen LogP contribution in [0.5, 0.6) is 11.5 Å². The summed E-state index contributed by atoms with van der Waals surface area (Å²) in [6.45, 7) is 12.5. The number of carboxylic acid groups (broad SMARTS) is 4. The molecule has 0 radical (unpaired) electrons. The van der Waals surface area contributed by atoms with Gasteiger partial charge in [-0.05, 0) is 105 Å². The lowest BCUT2D eigenvalue weighted by Gasteiger charge is -2.28. The highest BCUT2D eigenvalue weighted by atomic mass is 32.3. The van der Waals surface area contributed by atoms with Crippen LogP contribution in [0.25, 0.3) is 0 Å². The Morgan fingerprint density at radius 3 is 1.04 bits per heavy atom. The normalized spacial score (nSPS) is 15.5. The molecule has 0 saturated carbocycles. The van der Waals surface area contributed by atoms with Gasteiger partial charge in [-0.25, -0.2) is 4.79 Å². The maximum absolute atomic E-state index is 15.0. The predicted octanol–water partition coefficient (Wildman–Crippen LogP) is -4.95. The summed E-state index contributed by atoms with van der Waals surface area (Å²) < 4.78 is 66.8. The van der Waals surface area contributed by atoms with E-state index in [0.717, 1.165) is 69.3 Å². The molecule has 53 heteroatoms. The van der Waals surface area contributed by atoms with Crippen molar-refractivity contribution in [1.82, 2.24) is 79.8 Å². The average molecular weight is 1940 g/mol. The highest BCUT2D eigenvalue weighted by Gasteiger charge is 2.41. The molecule has 15 amide bonds. The molecule has 0 fully saturated rings. The van der Waals surface area contributed by atoms with Gasteiger partial charge in [-0.2, -0.15) is 0 Å². The number of aliphatic hydroxyl groups is 4. The van der Waals surface area contributed by atoms with Gasteiger partial charge in [0.15, 0.2) is 0 Å². The molecule has 0 unspecified atom stereocenters. The first-order valence-electron chi connectivity index (χ1n) is 41.7. The van der Waals surface area contributed by atoms with Crippen molar-refractivity contribution >= 4 is 135 Å². The Kier molecular flexibility index (Phi) is 47.6. The van der Waals surface area contributed by atoms with Crippen LogP contribution >= 0.6 is 22.3 Å². The van der Waals surface area contributed by atoms with Crippen molar-refractivity contribution in [2.24, 2.45) is 29.4 Å². The fraction of sp³-hybridized carbons (Fsp3) is 0.543. The first kappa shape index (κ1) is 116. The lowest BCUT2D eigenvalue weighted by Crippen LogP contribution is -2.63. The van der Waals surface area contributed by atoms with Crippen molar-refractivity contribution in [2.45, 2.75) is 237 Å². The van der Waals surface area contributed by atoms with Crippen molar-refractivity contribution in [2.75, 3.05) is 19.7 Å². The summed E-state index contributed by atoms with van der Waals surface area (Å²) in [7, 11) is 0. The molecule has 51 nitrogen and oxygen atoms in total. The minimum atomic E-state index is -4.67. The summed E-state index contributed by atoms with van der Waals surface area (Å²) in [6, 6.07) is -9.61. The number of rotatable bonds is 58. The molecule has 0 spiro atoms. The van der Waals surface area contributed by atoms with Crippen molar-refractivity contribution in [3.63, 3.8) is 0 Å². The molecule has 31 N–H and O–H groups in total. The average Bonchev–Trinajstić information content (AvgIpc) is 0.834. The van der Waals surface area contributed by atoms with E-state index in [2.05, 4.69) is 82.8 Å². The molecule has 0 bridgehead atoms. The third-order valence-electron chi connectivity index (χ3n) is 19.4. The molecular formula is C81H122N16O35S2. The van der Waals surface area contributed by atoms with E-state index in [0.29, 0.717) is 5.56 Å². The van der Waals surface area contributed by atoms with Crippen LogP contribution in [-0.4, -0.2) is 303 Å².